The highest BCUT2D eigenvalue weighted by Crippen LogP contribution is 2.38. The van der Waals surface area contributed by atoms with Gasteiger partial charge in [0.05, 0.1) is 16.9 Å². The highest BCUT2D eigenvalue weighted by Gasteiger charge is 2.51. The standard InChI is InChI=1S/C18H20ClN3O5/c1-10(22-16(24)12-4-2-3-5-13(12)17(22)25)18(26)27-9-15(23)21-14-7-6-11(19)8-20-14/h6-8,10,12-13H,2-5,9H2,1H3,(H,20,21,23)/t10-,12+,13+/m0/s1. The van der Waals surface area contributed by atoms with Crippen LogP contribution in [-0.4, -0.2) is 46.2 Å². The molecule has 1 saturated carbocycles. The predicted molar refractivity (Wildman–Crippen MR) is 95.6 cm³/mol. The van der Waals surface area contributed by atoms with Gasteiger partial charge in [-0.15, -0.1) is 0 Å². The minimum absolute atomic E-state index is 0.266. The maximum absolute atomic E-state index is 12.5. The summed E-state index contributed by atoms with van der Waals surface area (Å²) in [5.74, 6) is -2.41. The summed E-state index contributed by atoms with van der Waals surface area (Å²) < 4.78 is 4.97. The van der Waals surface area contributed by atoms with E-state index in [-0.39, 0.29) is 29.5 Å². The molecule has 0 unspecified atom stereocenters. The SMILES string of the molecule is C[C@@H](C(=O)OCC(=O)Nc1ccc(Cl)cn1)N1C(=O)[C@@H]2CCCC[C@H]2C1=O. The minimum Gasteiger partial charge on any atom is -0.454 e. The van der Waals surface area contributed by atoms with Crippen molar-refractivity contribution in [3.63, 3.8) is 0 Å². The molecule has 1 aliphatic carbocycles. The number of aromatic nitrogens is 1. The molecule has 9 heteroatoms. The molecule has 2 heterocycles. The number of amides is 3. The van der Waals surface area contributed by atoms with Gasteiger partial charge in [0.15, 0.2) is 6.61 Å². The molecular formula is C18H20ClN3O5. The lowest BCUT2D eigenvalue weighted by atomic mass is 9.81. The zero-order valence-corrected chi connectivity index (χ0v) is 15.6. The van der Waals surface area contributed by atoms with Gasteiger partial charge in [0.1, 0.15) is 11.9 Å². The summed E-state index contributed by atoms with van der Waals surface area (Å²) in [6, 6.07) is 2.01. The van der Waals surface area contributed by atoms with E-state index in [0.717, 1.165) is 17.7 Å². The quantitative estimate of drug-likeness (QED) is 0.603. The van der Waals surface area contributed by atoms with Crippen molar-refractivity contribution in [2.24, 2.45) is 11.8 Å². The lowest BCUT2D eigenvalue weighted by Crippen LogP contribution is -2.45. The summed E-state index contributed by atoms with van der Waals surface area (Å²) in [7, 11) is 0. The van der Waals surface area contributed by atoms with E-state index in [4.69, 9.17) is 16.3 Å². The normalized spacial score (nSPS) is 23.0. The first-order valence-electron chi connectivity index (χ1n) is 8.83. The van der Waals surface area contributed by atoms with Crippen LogP contribution in [0.25, 0.3) is 0 Å². The molecule has 3 atom stereocenters. The van der Waals surface area contributed by atoms with Crippen molar-refractivity contribution in [2.75, 3.05) is 11.9 Å². The highest BCUT2D eigenvalue weighted by molar-refractivity contribution is 6.30. The van der Waals surface area contributed by atoms with Gasteiger partial charge in [-0.1, -0.05) is 24.4 Å². The van der Waals surface area contributed by atoms with Crippen LogP contribution in [0.4, 0.5) is 5.82 Å². The van der Waals surface area contributed by atoms with E-state index >= 15 is 0 Å². The molecule has 2 fully saturated rings. The fraction of sp³-hybridized carbons (Fsp3) is 0.500. The summed E-state index contributed by atoms with van der Waals surface area (Å²) in [6.07, 6.45) is 4.53. The van der Waals surface area contributed by atoms with Crippen LogP contribution in [0.2, 0.25) is 5.02 Å². The Morgan fingerprint density at radius 2 is 1.89 bits per heavy atom. The largest absolute Gasteiger partial charge is 0.454 e. The second-order valence-corrected chi connectivity index (χ2v) is 7.17. The van der Waals surface area contributed by atoms with Gasteiger partial charge in [0.25, 0.3) is 5.91 Å². The first-order chi connectivity index (χ1) is 12.9. The number of carbonyl (C=O) groups is 4. The second kappa shape index (κ2) is 8.04. The Bertz CT molecular complexity index is 743. The van der Waals surface area contributed by atoms with Gasteiger partial charge < -0.3 is 10.1 Å². The number of anilines is 1. The smallest absolute Gasteiger partial charge is 0.329 e. The van der Waals surface area contributed by atoms with Crippen LogP contribution in [0.5, 0.6) is 0 Å². The zero-order chi connectivity index (χ0) is 19.6. The van der Waals surface area contributed by atoms with Gasteiger partial charge >= 0.3 is 5.97 Å². The number of hydrogen-bond acceptors (Lipinski definition) is 6. The van der Waals surface area contributed by atoms with Gasteiger partial charge in [0, 0.05) is 6.20 Å². The maximum Gasteiger partial charge on any atom is 0.329 e. The molecule has 3 rings (SSSR count). The third-order valence-corrected chi connectivity index (χ3v) is 5.17. The lowest BCUT2D eigenvalue weighted by molar-refractivity contribution is -0.159. The number of hydrogen-bond donors (Lipinski definition) is 1. The molecule has 3 amide bonds. The van der Waals surface area contributed by atoms with Crippen LogP contribution >= 0.6 is 11.6 Å². The van der Waals surface area contributed by atoms with Crippen LogP contribution in [0.1, 0.15) is 32.6 Å². The molecule has 1 N–H and O–H groups in total. The molecule has 1 aromatic heterocycles. The average molecular weight is 394 g/mol. The van der Waals surface area contributed by atoms with Crippen LogP contribution < -0.4 is 5.32 Å². The van der Waals surface area contributed by atoms with Crippen LogP contribution in [-0.2, 0) is 23.9 Å². The minimum atomic E-state index is -1.06. The van der Waals surface area contributed by atoms with Crippen molar-refractivity contribution in [3.8, 4) is 0 Å². The predicted octanol–water partition coefficient (Wildman–Crippen LogP) is 1.78. The molecule has 0 radical (unpaired) electrons. The monoisotopic (exact) mass is 393 g/mol. The molecule has 2 aliphatic rings. The van der Waals surface area contributed by atoms with Crippen LogP contribution in [0.15, 0.2) is 18.3 Å². The van der Waals surface area contributed by atoms with Gasteiger partial charge in [-0.25, -0.2) is 9.78 Å². The number of imide groups is 1. The molecule has 0 bridgehead atoms. The first kappa shape index (κ1) is 19.3. The number of rotatable bonds is 5. The van der Waals surface area contributed by atoms with Gasteiger partial charge in [-0.3, -0.25) is 19.3 Å². The fourth-order valence-corrected chi connectivity index (χ4v) is 3.67. The van der Waals surface area contributed by atoms with Crippen LogP contribution in [0.3, 0.4) is 0 Å². The van der Waals surface area contributed by atoms with Crippen LogP contribution in [0, 0.1) is 11.8 Å². The Morgan fingerprint density at radius 1 is 1.26 bits per heavy atom. The number of nitrogens with zero attached hydrogens (tertiary/aromatic N) is 2. The van der Waals surface area contributed by atoms with Gasteiger partial charge in [0.2, 0.25) is 11.8 Å². The Labute approximate surface area is 161 Å². The number of pyridine rings is 1. The molecule has 0 spiro atoms. The average Bonchev–Trinajstić information content (AvgIpc) is 2.92. The first-order valence-corrected chi connectivity index (χ1v) is 9.21. The Kier molecular flexibility index (Phi) is 5.74. The summed E-state index contributed by atoms with van der Waals surface area (Å²) in [5.41, 5.74) is 0. The molecule has 0 aromatic carbocycles. The van der Waals surface area contributed by atoms with Crippen molar-refractivity contribution in [2.45, 2.75) is 38.6 Å². The zero-order valence-electron chi connectivity index (χ0n) is 14.8. The van der Waals surface area contributed by atoms with E-state index < -0.39 is 24.5 Å². The number of ether oxygens (including phenoxy) is 1. The fourth-order valence-electron chi connectivity index (χ4n) is 3.56. The van der Waals surface area contributed by atoms with Crippen molar-refractivity contribution in [1.82, 2.24) is 9.88 Å². The highest BCUT2D eigenvalue weighted by atomic mass is 35.5. The van der Waals surface area contributed by atoms with E-state index in [9.17, 15) is 19.2 Å². The van der Waals surface area contributed by atoms with Crippen molar-refractivity contribution in [3.05, 3.63) is 23.4 Å². The molecule has 1 aliphatic heterocycles. The summed E-state index contributed by atoms with van der Waals surface area (Å²) in [5, 5.41) is 2.88. The molecule has 1 saturated heterocycles. The Balaban J connectivity index is 1.54. The third kappa shape index (κ3) is 4.10. The number of esters is 1. The van der Waals surface area contributed by atoms with Gasteiger partial charge in [-0.2, -0.15) is 0 Å². The number of likely N-dealkylation sites (tertiary alicyclic amines) is 1. The number of nitrogens with one attached hydrogen (secondary N) is 1. The molecule has 1 aromatic rings. The van der Waals surface area contributed by atoms with E-state index in [1.54, 1.807) is 6.07 Å². The third-order valence-electron chi connectivity index (χ3n) is 4.94. The Morgan fingerprint density at radius 3 is 2.44 bits per heavy atom. The van der Waals surface area contributed by atoms with Crippen molar-refractivity contribution >= 4 is 41.1 Å². The van der Waals surface area contributed by atoms with Crippen molar-refractivity contribution < 1.29 is 23.9 Å². The van der Waals surface area contributed by atoms with E-state index in [2.05, 4.69) is 10.3 Å². The molecular weight excluding hydrogens is 374 g/mol. The topological polar surface area (TPSA) is 106 Å². The molecule has 8 nitrogen and oxygen atoms in total. The summed E-state index contributed by atoms with van der Waals surface area (Å²) in [4.78, 5) is 54.0. The number of carbonyl (C=O) groups excluding carboxylic acids is 4. The van der Waals surface area contributed by atoms with Gasteiger partial charge in [-0.05, 0) is 31.9 Å². The molecule has 27 heavy (non-hydrogen) atoms. The maximum atomic E-state index is 12.5. The number of fused-ring (bicyclic) bond motifs is 1. The van der Waals surface area contributed by atoms with E-state index in [0.29, 0.717) is 17.9 Å². The van der Waals surface area contributed by atoms with Crippen molar-refractivity contribution in [1.29, 1.82) is 0 Å². The van der Waals surface area contributed by atoms with E-state index in [1.807, 2.05) is 0 Å². The van der Waals surface area contributed by atoms with E-state index in [1.165, 1.54) is 19.2 Å². The molecule has 144 valence electrons. The lowest BCUT2D eigenvalue weighted by Gasteiger charge is -2.21. The summed E-state index contributed by atoms with van der Waals surface area (Å²) in [6.45, 7) is 0.894. The number of halogens is 1. The second-order valence-electron chi connectivity index (χ2n) is 6.74. The summed E-state index contributed by atoms with van der Waals surface area (Å²) >= 11 is 5.71. The Hall–Kier alpha value is -2.48.